The van der Waals surface area contributed by atoms with Gasteiger partial charge in [0.1, 0.15) is 17.2 Å². The van der Waals surface area contributed by atoms with E-state index in [1.807, 2.05) is 0 Å². The Kier molecular flexibility index (Phi) is 5.30. The average Bonchev–Trinajstić information content (AvgIpc) is 2.27. The zero-order chi connectivity index (χ0) is 11.3. The van der Waals surface area contributed by atoms with Crippen molar-refractivity contribution in [3.05, 3.63) is 10.8 Å². The zero-order valence-corrected chi connectivity index (χ0v) is 10.5. The van der Waals surface area contributed by atoms with Crippen molar-refractivity contribution in [1.29, 1.82) is 0 Å². The van der Waals surface area contributed by atoms with Crippen molar-refractivity contribution in [3.8, 4) is 0 Å². The Morgan fingerprint density at radius 1 is 1.60 bits per heavy atom. The summed E-state index contributed by atoms with van der Waals surface area (Å²) >= 11 is 4.72. The number of anilines is 1. The third kappa shape index (κ3) is 3.60. The zero-order valence-electron chi connectivity index (χ0n) is 8.14. The first-order valence-corrected chi connectivity index (χ1v) is 6.06. The second-order valence-electron chi connectivity index (χ2n) is 2.74. The topological polar surface area (TPSA) is 78.3 Å². The second kappa shape index (κ2) is 6.26. The molecule has 0 bridgehead atoms. The van der Waals surface area contributed by atoms with E-state index in [4.69, 9.17) is 5.11 Å². The summed E-state index contributed by atoms with van der Waals surface area (Å²) in [5.74, 6) is 1.10. The molecule has 5 nitrogen and oxygen atoms in total. The molecule has 0 aliphatic carbocycles. The lowest BCUT2D eigenvalue weighted by Crippen LogP contribution is -2.14. The number of aliphatic hydroxyl groups is 2. The van der Waals surface area contributed by atoms with Crippen LogP contribution in [0.4, 0.5) is 5.82 Å². The molecule has 3 N–H and O–H groups in total. The molecule has 0 saturated heterocycles. The molecule has 15 heavy (non-hydrogen) atoms. The number of aromatic nitrogens is 2. The summed E-state index contributed by atoms with van der Waals surface area (Å²) in [7, 11) is 1.77. The van der Waals surface area contributed by atoms with Crippen molar-refractivity contribution in [2.45, 2.75) is 11.1 Å². The molecule has 1 aromatic heterocycles. The van der Waals surface area contributed by atoms with Gasteiger partial charge in [0.2, 0.25) is 0 Å². The van der Waals surface area contributed by atoms with Gasteiger partial charge in [-0.05, 0) is 15.9 Å². The van der Waals surface area contributed by atoms with Crippen LogP contribution in [-0.4, -0.2) is 45.7 Å². The molecule has 1 unspecified atom stereocenters. The van der Waals surface area contributed by atoms with Gasteiger partial charge in [0.05, 0.1) is 17.2 Å². The van der Waals surface area contributed by atoms with E-state index in [1.165, 1.54) is 18.1 Å². The summed E-state index contributed by atoms with van der Waals surface area (Å²) in [6, 6.07) is 0. The highest BCUT2D eigenvalue weighted by Gasteiger charge is 2.10. The molecule has 0 fully saturated rings. The van der Waals surface area contributed by atoms with E-state index in [0.717, 1.165) is 9.50 Å². The van der Waals surface area contributed by atoms with Gasteiger partial charge >= 0.3 is 0 Å². The first-order valence-electron chi connectivity index (χ1n) is 4.29. The van der Waals surface area contributed by atoms with E-state index in [9.17, 15) is 5.11 Å². The highest BCUT2D eigenvalue weighted by Crippen LogP contribution is 2.29. The van der Waals surface area contributed by atoms with E-state index >= 15 is 0 Å². The van der Waals surface area contributed by atoms with Crippen molar-refractivity contribution in [1.82, 2.24) is 9.97 Å². The average molecular weight is 294 g/mol. The molecule has 1 heterocycles. The van der Waals surface area contributed by atoms with E-state index < -0.39 is 6.10 Å². The Hall–Kier alpha value is -0.370. The summed E-state index contributed by atoms with van der Waals surface area (Å²) in [4.78, 5) is 8.08. The minimum atomic E-state index is -0.727. The molecule has 84 valence electrons. The summed E-state index contributed by atoms with van der Waals surface area (Å²) in [6.07, 6.45) is 0.722. The first-order chi connectivity index (χ1) is 7.19. The lowest BCUT2D eigenvalue weighted by Gasteiger charge is -2.08. The van der Waals surface area contributed by atoms with Gasteiger partial charge in [-0.2, -0.15) is 0 Å². The number of halogens is 1. The first kappa shape index (κ1) is 12.7. The number of aliphatic hydroxyl groups excluding tert-OH is 2. The summed E-state index contributed by atoms with van der Waals surface area (Å²) < 4.78 is 0.766. The maximum Gasteiger partial charge on any atom is 0.144 e. The Bertz CT molecular complexity index is 327. The smallest absolute Gasteiger partial charge is 0.144 e. The van der Waals surface area contributed by atoms with Crippen LogP contribution >= 0.6 is 27.7 Å². The number of nitrogens with zero attached hydrogens (tertiary/aromatic N) is 2. The van der Waals surface area contributed by atoms with E-state index in [0.29, 0.717) is 11.6 Å². The maximum absolute atomic E-state index is 9.19. The predicted molar refractivity (Wildman–Crippen MR) is 63.1 cm³/mol. The predicted octanol–water partition coefficient (Wildman–Crippen LogP) is 0.726. The fraction of sp³-hybridized carbons (Fsp3) is 0.500. The molecule has 0 aliphatic rings. The Morgan fingerprint density at radius 2 is 2.33 bits per heavy atom. The normalized spacial score (nSPS) is 12.5. The quantitative estimate of drug-likeness (QED) is 0.549. The van der Waals surface area contributed by atoms with Gasteiger partial charge in [-0.1, -0.05) is 0 Å². The standard InChI is InChI=1S/C8H12BrN3O2S/c1-10-7-6(9)8(12-4-11-7)15-3-5(14)2-13/h4-5,13-14H,2-3H2,1H3,(H,10,11,12). The van der Waals surface area contributed by atoms with E-state index in [-0.39, 0.29) is 6.61 Å². The molecule has 1 rings (SSSR count). The number of nitrogens with one attached hydrogen (secondary N) is 1. The second-order valence-corrected chi connectivity index (χ2v) is 4.54. The fourth-order valence-electron chi connectivity index (χ4n) is 0.856. The molecule has 0 aromatic carbocycles. The van der Waals surface area contributed by atoms with Crippen LogP contribution in [0.2, 0.25) is 0 Å². The fourth-order valence-corrected chi connectivity index (χ4v) is 2.40. The van der Waals surface area contributed by atoms with Crippen LogP contribution in [0.3, 0.4) is 0 Å². The molecule has 7 heteroatoms. The van der Waals surface area contributed by atoms with Crippen LogP contribution in [0, 0.1) is 0 Å². The van der Waals surface area contributed by atoms with Crippen LogP contribution in [0.1, 0.15) is 0 Å². The molecule has 1 atom stereocenters. The van der Waals surface area contributed by atoms with Gasteiger partial charge in [-0.15, -0.1) is 11.8 Å². The number of hydrogen-bond acceptors (Lipinski definition) is 6. The van der Waals surface area contributed by atoms with Gasteiger partial charge in [0, 0.05) is 12.8 Å². The number of hydrogen-bond donors (Lipinski definition) is 3. The Labute approximate surface area is 100 Å². The Morgan fingerprint density at radius 3 is 2.93 bits per heavy atom. The number of thioether (sulfide) groups is 1. The molecular weight excluding hydrogens is 282 g/mol. The molecule has 0 radical (unpaired) electrons. The minimum absolute atomic E-state index is 0.241. The maximum atomic E-state index is 9.19. The molecule has 0 saturated carbocycles. The van der Waals surface area contributed by atoms with Crippen molar-refractivity contribution in [2.75, 3.05) is 24.7 Å². The van der Waals surface area contributed by atoms with Gasteiger partial charge in [-0.25, -0.2) is 9.97 Å². The van der Waals surface area contributed by atoms with Gasteiger partial charge < -0.3 is 15.5 Å². The lowest BCUT2D eigenvalue weighted by atomic mass is 10.4. The largest absolute Gasteiger partial charge is 0.394 e. The van der Waals surface area contributed by atoms with Gasteiger partial charge in [0.25, 0.3) is 0 Å². The lowest BCUT2D eigenvalue weighted by molar-refractivity contribution is 0.113. The van der Waals surface area contributed by atoms with Crippen molar-refractivity contribution >= 4 is 33.5 Å². The van der Waals surface area contributed by atoms with Crippen LogP contribution in [0.25, 0.3) is 0 Å². The molecule has 0 amide bonds. The van der Waals surface area contributed by atoms with Gasteiger partial charge in [-0.3, -0.25) is 0 Å². The molecule has 0 spiro atoms. The minimum Gasteiger partial charge on any atom is -0.394 e. The van der Waals surface area contributed by atoms with Crippen LogP contribution in [-0.2, 0) is 0 Å². The summed E-state index contributed by atoms with van der Waals surface area (Å²) in [5, 5.41) is 21.5. The van der Waals surface area contributed by atoms with Crippen molar-refractivity contribution in [2.24, 2.45) is 0 Å². The third-order valence-electron chi connectivity index (χ3n) is 1.62. The van der Waals surface area contributed by atoms with E-state index in [1.54, 1.807) is 7.05 Å². The third-order valence-corrected chi connectivity index (χ3v) is 3.77. The van der Waals surface area contributed by atoms with Crippen molar-refractivity contribution in [3.63, 3.8) is 0 Å². The SMILES string of the molecule is CNc1ncnc(SCC(O)CO)c1Br. The number of rotatable bonds is 5. The molecular formula is C8H12BrN3O2S. The molecule has 1 aromatic rings. The molecule has 0 aliphatic heterocycles. The van der Waals surface area contributed by atoms with Crippen LogP contribution in [0.15, 0.2) is 15.8 Å². The summed E-state index contributed by atoms with van der Waals surface area (Å²) in [5.41, 5.74) is 0. The summed E-state index contributed by atoms with van der Waals surface area (Å²) in [6.45, 7) is -0.241. The van der Waals surface area contributed by atoms with Crippen LogP contribution < -0.4 is 5.32 Å². The Balaban J connectivity index is 2.68. The monoisotopic (exact) mass is 293 g/mol. The van der Waals surface area contributed by atoms with Crippen LogP contribution in [0.5, 0.6) is 0 Å². The van der Waals surface area contributed by atoms with E-state index in [2.05, 4.69) is 31.2 Å². The van der Waals surface area contributed by atoms with Crippen molar-refractivity contribution < 1.29 is 10.2 Å². The van der Waals surface area contributed by atoms with Gasteiger partial charge in [0.15, 0.2) is 0 Å². The highest BCUT2D eigenvalue weighted by molar-refractivity contribution is 9.10. The highest BCUT2D eigenvalue weighted by atomic mass is 79.9.